The summed E-state index contributed by atoms with van der Waals surface area (Å²) >= 11 is 9.25. The van der Waals surface area contributed by atoms with E-state index in [9.17, 15) is 10.1 Å². The van der Waals surface area contributed by atoms with Crippen LogP contribution >= 0.6 is 27.5 Å². The lowest BCUT2D eigenvalue weighted by Crippen LogP contribution is -2.03. The van der Waals surface area contributed by atoms with Gasteiger partial charge in [0.25, 0.3) is 5.69 Å². The Kier molecular flexibility index (Phi) is 4.78. The highest BCUT2D eigenvalue weighted by Gasteiger charge is 2.14. The van der Waals surface area contributed by atoms with Crippen molar-refractivity contribution in [3.8, 4) is 6.07 Å². The van der Waals surface area contributed by atoms with Crippen LogP contribution in [0.1, 0.15) is 11.1 Å². The number of hydrogen-bond donors (Lipinski definition) is 1. The van der Waals surface area contributed by atoms with Crippen molar-refractivity contribution in [1.82, 2.24) is 0 Å². The fourth-order valence-corrected chi connectivity index (χ4v) is 2.58. The molecule has 0 aliphatic rings. The third-order valence-corrected chi connectivity index (χ3v) is 3.78. The second kappa shape index (κ2) is 6.57. The predicted molar refractivity (Wildman–Crippen MR) is 84.3 cm³/mol. The molecule has 0 saturated carbocycles. The molecule has 106 valence electrons. The zero-order valence-corrected chi connectivity index (χ0v) is 13.0. The molecule has 1 N–H and O–H groups in total. The SMILES string of the molecule is N#Cc1ccc(NCc2ccc(Cl)cc2Br)c([N+](=O)[O-])c1. The van der Waals surface area contributed by atoms with E-state index in [1.807, 2.05) is 12.1 Å². The van der Waals surface area contributed by atoms with E-state index in [2.05, 4.69) is 21.2 Å². The first-order chi connectivity index (χ1) is 10.0. The van der Waals surface area contributed by atoms with Gasteiger partial charge in [-0.25, -0.2) is 0 Å². The van der Waals surface area contributed by atoms with Crippen molar-refractivity contribution in [2.24, 2.45) is 0 Å². The molecule has 5 nitrogen and oxygen atoms in total. The van der Waals surface area contributed by atoms with Crippen LogP contribution in [0.4, 0.5) is 11.4 Å². The lowest BCUT2D eigenvalue weighted by molar-refractivity contribution is -0.384. The molecule has 2 rings (SSSR count). The van der Waals surface area contributed by atoms with E-state index < -0.39 is 4.92 Å². The Balaban J connectivity index is 2.24. The molecule has 2 aromatic carbocycles. The molecule has 0 spiro atoms. The summed E-state index contributed by atoms with van der Waals surface area (Å²) in [6.45, 7) is 0.393. The number of rotatable bonds is 4. The normalized spacial score (nSPS) is 9.95. The molecule has 0 unspecified atom stereocenters. The van der Waals surface area contributed by atoms with Gasteiger partial charge in [-0.3, -0.25) is 10.1 Å². The minimum absolute atomic E-state index is 0.126. The molecule has 0 aliphatic carbocycles. The van der Waals surface area contributed by atoms with Crippen LogP contribution in [0.25, 0.3) is 0 Å². The Morgan fingerprint density at radius 1 is 1.33 bits per heavy atom. The summed E-state index contributed by atoms with van der Waals surface area (Å²) < 4.78 is 0.818. The number of nitro groups is 1. The van der Waals surface area contributed by atoms with Crippen LogP contribution < -0.4 is 5.32 Å². The molecule has 0 aliphatic heterocycles. The second-order valence-electron chi connectivity index (χ2n) is 4.19. The minimum Gasteiger partial charge on any atom is -0.375 e. The van der Waals surface area contributed by atoms with Gasteiger partial charge >= 0.3 is 0 Å². The highest BCUT2D eigenvalue weighted by molar-refractivity contribution is 9.10. The first-order valence-corrected chi connectivity index (χ1v) is 7.04. The number of nitriles is 1. The van der Waals surface area contributed by atoms with Crippen molar-refractivity contribution < 1.29 is 4.92 Å². The standard InChI is InChI=1S/C14H9BrClN3O2/c15-12-6-11(16)3-2-10(12)8-18-13-4-1-9(7-17)5-14(13)19(20)21/h1-6,18H,8H2. The number of benzene rings is 2. The molecule has 0 heterocycles. The fourth-order valence-electron chi connectivity index (χ4n) is 1.76. The van der Waals surface area contributed by atoms with E-state index in [1.54, 1.807) is 12.1 Å². The highest BCUT2D eigenvalue weighted by Crippen LogP contribution is 2.27. The smallest absolute Gasteiger partial charge is 0.293 e. The number of nitrogens with zero attached hydrogens (tertiary/aromatic N) is 2. The number of nitrogens with one attached hydrogen (secondary N) is 1. The monoisotopic (exact) mass is 365 g/mol. The Morgan fingerprint density at radius 2 is 2.10 bits per heavy atom. The summed E-state index contributed by atoms with van der Waals surface area (Å²) in [5, 5.41) is 23.4. The average molecular weight is 367 g/mol. The topological polar surface area (TPSA) is 79.0 Å². The summed E-state index contributed by atoms with van der Waals surface area (Å²) in [5.74, 6) is 0. The van der Waals surface area contributed by atoms with E-state index in [-0.39, 0.29) is 11.3 Å². The molecule has 0 radical (unpaired) electrons. The summed E-state index contributed by atoms with van der Waals surface area (Å²) in [4.78, 5) is 10.5. The van der Waals surface area contributed by atoms with Gasteiger partial charge in [-0.05, 0) is 29.8 Å². The van der Waals surface area contributed by atoms with Crippen LogP contribution in [-0.2, 0) is 6.54 Å². The van der Waals surface area contributed by atoms with Gasteiger partial charge in [-0.2, -0.15) is 5.26 Å². The van der Waals surface area contributed by atoms with E-state index >= 15 is 0 Å². The number of nitro benzene ring substituents is 1. The van der Waals surface area contributed by atoms with Gasteiger partial charge in [0.15, 0.2) is 0 Å². The molecular formula is C14H9BrClN3O2. The largest absolute Gasteiger partial charge is 0.375 e. The quantitative estimate of drug-likeness (QED) is 0.638. The van der Waals surface area contributed by atoms with Gasteiger partial charge in [-0.1, -0.05) is 33.6 Å². The van der Waals surface area contributed by atoms with Gasteiger partial charge in [0.2, 0.25) is 0 Å². The van der Waals surface area contributed by atoms with Crippen molar-refractivity contribution in [1.29, 1.82) is 5.26 Å². The Hall–Kier alpha value is -2.10. The zero-order chi connectivity index (χ0) is 15.4. The average Bonchev–Trinajstić information content (AvgIpc) is 2.46. The van der Waals surface area contributed by atoms with E-state index in [1.165, 1.54) is 18.2 Å². The third kappa shape index (κ3) is 3.72. The number of hydrogen-bond acceptors (Lipinski definition) is 4. The molecule has 21 heavy (non-hydrogen) atoms. The van der Waals surface area contributed by atoms with Crippen molar-refractivity contribution >= 4 is 38.9 Å². The van der Waals surface area contributed by atoms with Crippen LogP contribution in [0.5, 0.6) is 0 Å². The van der Waals surface area contributed by atoms with Crippen LogP contribution in [-0.4, -0.2) is 4.92 Å². The highest BCUT2D eigenvalue weighted by atomic mass is 79.9. The molecule has 0 fully saturated rings. The van der Waals surface area contributed by atoms with Crippen molar-refractivity contribution in [3.05, 3.63) is 67.1 Å². The van der Waals surface area contributed by atoms with Crippen LogP contribution in [0.3, 0.4) is 0 Å². The van der Waals surface area contributed by atoms with Crippen LogP contribution in [0.2, 0.25) is 5.02 Å². The Labute approximate surface area is 134 Å². The van der Waals surface area contributed by atoms with Crippen LogP contribution in [0.15, 0.2) is 40.9 Å². The first kappa shape index (κ1) is 15.3. The molecule has 0 saturated heterocycles. The molecule has 2 aromatic rings. The third-order valence-electron chi connectivity index (χ3n) is 2.81. The summed E-state index contributed by atoms with van der Waals surface area (Å²) in [7, 11) is 0. The maximum atomic E-state index is 11.0. The fraction of sp³-hybridized carbons (Fsp3) is 0.0714. The first-order valence-electron chi connectivity index (χ1n) is 5.87. The van der Waals surface area contributed by atoms with Gasteiger partial charge in [0.1, 0.15) is 5.69 Å². The van der Waals surface area contributed by atoms with Crippen molar-refractivity contribution in [3.63, 3.8) is 0 Å². The number of halogens is 2. The zero-order valence-electron chi connectivity index (χ0n) is 10.6. The summed E-state index contributed by atoms with van der Waals surface area (Å²) in [5.41, 5.74) is 1.40. The molecule has 0 amide bonds. The van der Waals surface area contributed by atoms with Gasteiger partial charge in [-0.15, -0.1) is 0 Å². The van der Waals surface area contributed by atoms with Crippen LogP contribution in [0, 0.1) is 21.4 Å². The van der Waals surface area contributed by atoms with E-state index in [4.69, 9.17) is 16.9 Å². The van der Waals surface area contributed by atoms with Gasteiger partial charge < -0.3 is 5.32 Å². The predicted octanol–water partition coefficient (Wildman–Crippen LogP) is 4.49. The summed E-state index contributed by atoms with van der Waals surface area (Å²) in [6.07, 6.45) is 0. The minimum atomic E-state index is -0.514. The number of anilines is 1. The molecule has 0 atom stereocenters. The van der Waals surface area contributed by atoms with E-state index in [0.717, 1.165) is 10.0 Å². The maximum Gasteiger partial charge on any atom is 0.293 e. The molecule has 0 aromatic heterocycles. The summed E-state index contributed by atoms with van der Waals surface area (Å²) in [6, 6.07) is 11.5. The van der Waals surface area contributed by atoms with Gasteiger partial charge in [0, 0.05) is 22.1 Å². The molecule has 0 bridgehead atoms. The van der Waals surface area contributed by atoms with Gasteiger partial charge in [0.05, 0.1) is 16.6 Å². The van der Waals surface area contributed by atoms with Crippen molar-refractivity contribution in [2.75, 3.05) is 5.32 Å². The maximum absolute atomic E-state index is 11.0. The lowest BCUT2D eigenvalue weighted by Gasteiger charge is -2.09. The second-order valence-corrected chi connectivity index (χ2v) is 5.48. The Morgan fingerprint density at radius 3 is 2.71 bits per heavy atom. The Bertz CT molecular complexity index is 743. The molecular weight excluding hydrogens is 358 g/mol. The lowest BCUT2D eigenvalue weighted by atomic mass is 10.1. The molecule has 7 heteroatoms. The van der Waals surface area contributed by atoms with Crippen molar-refractivity contribution in [2.45, 2.75) is 6.54 Å². The van der Waals surface area contributed by atoms with E-state index in [0.29, 0.717) is 17.3 Å².